The molecule has 0 saturated carbocycles. The highest BCUT2D eigenvalue weighted by molar-refractivity contribution is 5.94. The molecule has 186 valence electrons. The molecule has 0 spiro atoms. The summed E-state index contributed by atoms with van der Waals surface area (Å²) in [7, 11) is 0. The van der Waals surface area contributed by atoms with Gasteiger partial charge in [-0.1, -0.05) is 12.1 Å². The number of phenols is 1. The van der Waals surface area contributed by atoms with Crippen LogP contribution in [-0.4, -0.2) is 75.4 Å². The molecule has 4 unspecified atom stereocenters. The number of nitrogens with two attached hydrogens (primary N) is 2. The molecule has 12 nitrogen and oxygen atoms in total. The maximum Gasteiger partial charge on any atom is 0.326 e. The van der Waals surface area contributed by atoms with Crippen LogP contribution >= 0.6 is 0 Å². The largest absolute Gasteiger partial charge is 0.508 e. The number of aromatic hydroxyl groups is 1. The first-order chi connectivity index (χ1) is 16.0. The number of primary amides is 1. The summed E-state index contributed by atoms with van der Waals surface area (Å²) in [5.74, 6) is -3.62. The summed E-state index contributed by atoms with van der Waals surface area (Å²) < 4.78 is 0. The van der Waals surface area contributed by atoms with E-state index in [0.717, 1.165) is 5.56 Å². The zero-order valence-electron chi connectivity index (χ0n) is 18.9. The molecule has 4 amide bonds. The summed E-state index contributed by atoms with van der Waals surface area (Å²) in [5, 5.41) is 23.4. The third-order valence-electron chi connectivity index (χ3n) is 5.59. The Morgan fingerprint density at radius 3 is 2.38 bits per heavy atom. The molecule has 0 radical (unpaired) electrons. The van der Waals surface area contributed by atoms with E-state index in [4.69, 9.17) is 11.5 Å². The molecule has 0 bridgehead atoms. The van der Waals surface area contributed by atoms with Crippen molar-refractivity contribution in [2.24, 2.45) is 11.5 Å². The lowest BCUT2D eigenvalue weighted by Crippen LogP contribution is -2.56. The average molecular weight is 478 g/mol. The van der Waals surface area contributed by atoms with Crippen LogP contribution in [0.3, 0.4) is 0 Å². The maximum absolute atomic E-state index is 12.9. The third kappa shape index (κ3) is 7.44. The van der Waals surface area contributed by atoms with Crippen molar-refractivity contribution in [2.75, 3.05) is 6.54 Å². The minimum atomic E-state index is -1.33. The Bertz CT molecular complexity index is 921. The maximum atomic E-state index is 12.9. The summed E-state index contributed by atoms with van der Waals surface area (Å²) in [5.41, 5.74) is 11.9. The predicted octanol–water partition coefficient (Wildman–Crippen LogP) is -1.41. The van der Waals surface area contributed by atoms with Crippen molar-refractivity contribution in [3.63, 3.8) is 0 Å². The number of carboxylic acid groups (broad SMARTS) is 1. The molecule has 34 heavy (non-hydrogen) atoms. The summed E-state index contributed by atoms with van der Waals surface area (Å²) in [6.07, 6.45) is 0.811. The molecule has 1 saturated heterocycles. The fourth-order valence-electron chi connectivity index (χ4n) is 3.71. The Labute approximate surface area is 196 Å². The van der Waals surface area contributed by atoms with Gasteiger partial charge in [-0.2, -0.15) is 0 Å². The molecule has 1 aromatic carbocycles. The molecule has 1 fully saturated rings. The van der Waals surface area contributed by atoms with Gasteiger partial charge in [0.05, 0.1) is 6.04 Å². The van der Waals surface area contributed by atoms with E-state index in [9.17, 15) is 34.2 Å². The van der Waals surface area contributed by atoms with E-state index in [-0.39, 0.29) is 25.0 Å². The van der Waals surface area contributed by atoms with E-state index in [1.807, 2.05) is 0 Å². The lowest BCUT2D eigenvalue weighted by molar-refractivity contribution is -0.143. The van der Waals surface area contributed by atoms with E-state index in [2.05, 4.69) is 10.6 Å². The minimum absolute atomic E-state index is 0.0978. The third-order valence-corrected chi connectivity index (χ3v) is 5.59. The molecule has 2 rings (SSSR count). The van der Waals surface area contributed by atoms with Gasteiger partial charge in [0.2, 0.25) is 23.6 Å². The zero-order chi connectivity index (χ0) is 25.4. The Kier molecular flexibility index (Phi) is 9.36. The smallest absolute Gasteiger partial charge is 0.326 e. The first kappa shape index (κ1) is 26.6. The first-order valence-electron chi connectivity index (χ1n) is 11.0. The van der Waals surface area contributed by atoms with E-state index in [1.165, 1.54) is 24.0 Å². The van der Waals surface area contributed by atoms with Gasteiger partial charge in [-0.25, -0.2) is 4.79 Å². The van der Waals surface area contributed by atoms with Gasteiger partial charge in [0, 0.05) is 13.0 Å². The van der Waals surface area contributed by atoms with Crippen LogP contribution in [0, 0.1) is 0 Å². The number of phenolic OH excluding ortho intramolecular Hbond substituents is 1. The number of carbonyl (C=O) groups is 5. The highest BCUT2D eigenvalue weighted by Gasteiger charge is 2.37. The molecule has 12 heteroatoms. The number of carbonyl (C=O) groups excluding carboxylic acids is 4. The van der Waals surface area contributed by atoms with Crippen LogP contribution in [0.2, 0.25) is 0 Å². The number of nitrogens with zero attached hydrogens (tertiary/aromatic N) is 1. The number of carboxylic acids is 1. The van der Waals surface area contributed by atoms with Gasteiger partial charge in [-0.05, 0) is 50.3 Å². The second-order valence-corrected chi connectivity index (χ2v) is 8.30. The topological polar surface area (TPSA) is 205 Å². The number of nitrogens with one attached hydrogen (secondary N) is 2. The van der Waals surface area contributed by atoms with Crippen molar-refractivity contribution in [1.82, 2.24) is 15.5 Å². The van der Waals surface area contributed by atoms with Gasteiger partial charge in [0.15, 0.2) is 0 Å². The highest BCUT2D eigenvalue weighted by atomic mass is 16.4. The number of hydrogen-bond acceptors (Lipinski definition) is 7. The van der Waals surface area contributed by atoms with Crippen molar-refractivity contribution in [2.45, 2.75) is 63.2 Å². The fourth-order valence-corrected chi connectivity index (χ4v) is 3.71. The zero-order valence-corrected chi connectivity index (χ0v) is 18.9. The van der Waals surface area contributed by atoms with Crippen LogP contribution in [0.4, 0.5) is 0 Å². The van der Waals surface area contributed by atoms with Crippen LogP contribution in [0.5, 0.6) is 5.75 Å². The van der Waals surface area contributed by atoms with Gasteiger partial charge in [0.25, 0.3) is 0 Å². The predicted molar refractivity (Wildman–Crippen MR) is 120 cm³/mol. The van der Waals surface area contributed by atoms with Crippen molar-refractivity contribution < 1.29 is 34.2 Å². The number of benzene rings is 1. The number of aliphatic carboxylic acids is 1. The molecular weight excluding hydrogens is 446 g/mol. The Hall–Kier alpha value is -3.67. The molecule has 0 aromatic heterocycles. The summed E-state index contributed by atoms with van der Waals surface area (Å²) in [6.45, 7) is 1.73. The molecule has 8 N–H and O–H groups in total. The molecule has 1 aliphatic rings. The molecule has 1 aromatic rings. The Balaban J connectivity index is 1.94. The molecular formula is C22H31N5O7. The molecule has 4 atom stereocenters. The standard InChI is InChI=1S/C22H31N5O7/c1-12(19(30)26-16(22(33)34)8-9-18(24)29)25-20(31)17-3-2-10-27(17)21(32)15(23)11-13-4-6-14(28)7-5-13/h4-7,12,15-17,28H,2-3,8-11,23H2,1H3,(H2,24,29)(H,25,31)(H,26,30)(H,33,34). The van der Waals surface area contributed by atoms with Gasteiger partial charge in [-0.15, -0.1) is 0 Å². The van der Waals surface area contributed by atoms with Crippen molar-refractivity contribution in [3.05, 3.63) is 29.8 Å². The number of amides is 4. The molecule has 0 aliphatic carbocycles. The summed E-state index contributed by atoms with van der Waals surface area (Å²) in [4.78, 5) is 61.7. The van der Waals surface area contributed by atoms with Crippen LogP contribution in [0.15, 0.2) is 24.3 Å². The Morgan fingerprint density at radius 2 is 1.79 bits per heavy atom. The van der Waals surface area contributed by atoms with E-state index in [0.29, 0.717) is 19.4 Å². The van der Waals surface area contributed by atoms with E-state index < -0.39 is 53.8 Å². The van der Waals surface area contributed by atoms with Gasteiger partial charge in [-0.3, -0.25) is 19.2 Å². The molecule has 1 heterocycles. The van der Waals surface area contributed by atoms with E-state index >= 15 is 0 Å². The van der Waals surface area contributed by atoms with Crippen LogP contribution in [-0.2, 0) is 30.4 Å². The number of likely N-dealkylation sites (tertiary alicyclic amines) is 1. The number of hydrogen-bond donors (Lipinski definition) is 6. The van der Waals surface area contributed by atoms with Crippen molar-refractivity contribution in [3.8, 4) is 5.75 Å². The average Bonchev–Trinajstić information content (AvgIpc) is 3.27. The van der Waals surface area contributed by atoms with Crippen molar-refractivity contribution in [1.29, 1.82) is 0 Å². The molecule has 1 aliphatic heterocycles. The van der Waals surface area contributed by atoms with Gasteiger partial charge < -0.3 is 37.2 Å². The second-order valence-electron chi connectivity index (χ2n) is 8.30. The lowest BCUT2D eigenvalue weighted by atomic mass is 10.0. The number of rotatable bonds is 11. The minimum Gasteiger partial charge on any atom is -0.508 e. The monoisotopic (exact) mass is 477 g/mol. The fraction of sp³-hybridized carbons (Fsp3) is 0.500. The van der Waals surface area contributed by atoms with Crippen LogP contribution in [0.25, 0.3) is 0 Å². The quantitative estimate of drug-likeness (QED) is 0.223. The summed E-state index contributed by atoms with van der Waals surface area (Å²) in [6, 6.07) is 2.20. The highest BCUT2D eigenvalue weighted by Crippen LogP contribution is 2.20. The normalized spacial score (nSPS) is 17.9. The second kappa shape index (κ2) is 12.0. The Morgan fingerprint density at radius 1 is 1.15 bits per heavy atom. The van der Waals surface area contributed by atoms with Crippen LogP contribution in [0.1, 0.15) is 38.2 Å². The lowest BCUT2D eigenvalue weighted by Gasteiger charge is -2.28. The SMILES string of the molecule is CC(NC(=O)C1CCCN1C(=O)C(N)Cc1ccc(O)cc1)C(=O)NC(CCC(N)=O)C(=O)O. The van der Waals surface area contributed by atoms with Crippen LogP contribution < -0.4 is 22.1 Å². The van der Waals surface area contributed by atoms with E-state index in [1.54, 1.807) is 12.1 Å². The summed E-state index contributed by atoms with van der Waals surface area (Å²) >= 11 is 0. The van der Waals surface area contributed by atoms with Gasteiger partial charge >= 0.3 is 5.97 Å². The first-order valence-corrected chi connectivity index (χ1v) is 11.0. The van der Waals surface area contributed by atoms with Crippen molar-refractivity contribution >= 4 is 29.6 Å². The van der Waals surface area contributed by atoms with Gasteiger partial charge in [0.1, 0.15) is 23.9 Å².